The fraction of sp³-hybridized carbons (Fsp3) is 0.235. The Bertz CT molecular complexity index is 952. The molecule has 11 heteroatoms. The van der Waals surface area contributed by atoms with Crippen molar-refractivity contribution in [2.75, 3.05) is 6.54 Å². The number of nitrogens with two attached hydrogens (primary N) is 1. The minimum absolute atomic E-state index is 0.125. The molecule has 3 aromatic heterocycles. The Kier molecular flexibility index (Phi) is 5.77. The normalized spacial score (nSPS) is 12.8. The number of H-pyrrole nitrogens is 1. The van der Waals surface area contributed by atoms with Crippen molar-refractivity contribution in [1.82, 2.24) is 20.3 Å². The lowest BCUT2D eigenvalue weighted by Gasteiger charge is -2.09. The summed E-state index contributed by atoms with van der Waals surface area (Å²) in [5.41, 5.74) is 6.04. The molecule has 1 amide bonds. The van der Waals surface area contributed by atoms with Crippen molar-refractivity contribution in [3.8, 4) is 11.4 Å². The summed E-state index contributed by atoms with van der Waals surface area (Å²) < 4.78 is 37.8. The number of hydrogen-bond acceptors (Lipinski definition) is 6. The molecule has 7 nitrogen and oxygen atoms in total. The van der Waals surface area contributed by atoms with Crippen molar-refractivity contribution < 1.29 is 23.1 Å². The molecule has 28 heavy (non-hydrogen) atoms. The summed E-state index contributed by atoms with van der Waals surface area (Å²) in [5.74, 6) is -0.424. The van der Waals surface area contributed by atoms with Crippen molar-refractivity contribution in [1.29, 1.82) is 0 Å². The minimum Gasteiger partial charge on any atom is -0.391 e. The van der Waals surface area contributed by atoms with Crippen molar-refractivity contribution in [3.05, 3.63) is 57.8 Å². The topological polar surface area (TPSA) is 117 Å². The first-order valence-corrected chi connectivity index (χ1v) is 8.91. The number of alkyl halides is 3. The van der Waals surface area contributed by atoms with E-state index in [-0.39, 0.29) is 24.5 Å². The Morgan fingerprint density at radius 2 is 2.04 bits per heavy atom. The SMILES string of the molecule is N[C@H](CNC(=O)c1ccc(-c2ccc(C(F)(F)F)cn2)[nH]1)c1ncc(CO)s1. The van der Waals surface area contributed by atoms with Crippen LogP contribution >= 0.6 is 11.3 Å². The number of nitrogens with one attached hydrogen (secondary N) is 2. The summed E-state index contributed by atoms with van der Waals surface area (Å²) >= 11 is 1.26. The van der Waals surface area contributed by atoms with Crippen LogP contribution in [-0.4, -0.2) is 32.5 Å². The second kappa shape index (κ2) is 8.09. The molecule has 3 aromatic rings. The summed E-state index contributed by atoms with van der Waals surface area (Å²) in [6.45, 7) is 0.00405. The Hall–Kier alpha value is -2.76. The van der Waals surface area contributed by atoms with Crippen LogP contribution in [0.4, 0.5) is 13.2 Å². The summed E-state index contributed by atoms with van der Waals surface area (Å²) in [6, 6.07) is 4.69. The molecular formula is C17H16F3N5O2S. The minimum atomic E-state index is -4.46. The van der Waals surface area contributed by atoms with E-state index in [2.05, 4.69) is 20.3 Å². The predicted molar refractivity (Wildman–Crippen MR) is 96.3 cm³/mol. The lowest BCUT2D eigenvalue weighted by Crippen LogP contribution is -2.32. The molecule has 0 aromatic carbocycles. The quantitative estimate of drug-likeness (QED) is 0.497. The van der Waals surface area contributed by atoms with Gasteiger partial charge in [0.15, 0.2) is 0 Å². The number of amides is 1. The molecule has 0 spiro atoms. The van der Waals surface area contributed by atoms with Crippen LogP contribution in [0.15, 0.2) is 36.7 Å². The Morgan fingerprint density at radius 3 is 2.64 bits per heavy atom. The van der Waals surface area contributed by atoms with Crippen LogP contribution in [0.2, 0.25) is 0 Å². The molecule has 148 valence electrons. The molecule has 0 radical (unpaired) electrons. The van der Waals surface area contributed by atoms with Gasteiger partial charge in [0.25, 0.3) is 5.91 Å². The number of aromatic nitrogens is 3. The van der Waals surface area contributed by atoms with Gasteiger partial charge in [-0.25, -0.2) is 4.98 Å². The van der Waals surface area contributed by atoms with Crippen molar-refractivity contribution in [2.24, 2.45) is 5.73 Å². The van der Waals surface area contributed by atoms with Gasteiger partial charge < -0.3 is 21.1 Å². The average molecular weight is 411 g/mol. The molecule has 0 unspecified atom stereocenters. The van der Waals surface area contributed by atoms with E-state index in [9.17, 15) is 18.0 Å². The van der Waals surface area contributed by atoms with Crippen LogP contribution in [0.1, 0.15) is 32.0 Å². The van der Waals surface area contributed by atoms with E-state index in [4.69, 9.17) is 10.8 Å². The van der Waals surface area contributed by atoms with Crippen LogP contribution in [0.5, 0.6) is 0 Å². The van der Waals surface area contributed by atoms with Crippen molar-refractivity contribution in [2.45, 2.75) is 18.8 Å². The fourth-order valence-corrected chi connectivity index (χ4v) is 3.13. The molecule has 0 saturated heterocycles. The third-order valence-electron chi connectivity index (χ3n) is 3.82. The largest absolute Gasteiger partial charge is 0.417 e. The first-order chi connectivity index (χ1) is 13.3. The third kappa shape index (κ3) is 4.55. The van der Waals surface area contributed by atoms with Crippen molar-refractivity contribution >= 4 is 17.2 Å². The van der Waals surface area contributed by atoms with E-state index in [0.717, 1.165) is 12.3 Å². The number of aliphatic hydroxyl groups is 1. The highest BCUT2D eigenvalue weighted by Gasteiger charge is 2.30. The number of nitrogens with zero attached hydrogens (tertiary/aromatic N) is 2. The number of hydrogen-bond donors (Lipinski definition) is 4. The molecular weight excluding hydrogens is 395 g/mol. The Morgan fingerprint density at radius 1 is 1.25 bits per heavy atom. The zero-order valence-electron chi connectivity index (χ0n) is 14.3. The smallest absolute Gasteiger partial charge is 0.391 e. The number of aliphatic hydroxyl groups excluding tert-OH is 1. The Balaban J connectivity index is 1.62. The first-order valence-electron chi connectivity index (χ1n) is 8.10. The highest BCUT2D eigenvalue weighted by atomic mass is 32.1. The van der Waals surface area contributed by atoms with Gasteiger partial charge in [0.2, 0.25) is 0 Å². The molecule has 0 saturated carbocycles. The number of carbonyl (C=O) groups is 1. The lowest BCUT2D eigenvalue weighted by molar-refractivity contribution is -0.137. The van der Waals surface area contributed by atoms with E-state index in [1.165, 1.54) is 29.7 Å². The highest BCUT2D eigenvalue weighted by molar-refractivity contribution is 7.11. The van der Waals surface area contributed by atoms with E-state index < -0.39 is 23.7 Å². The van der Waals surface area contributed by atoms with Crippen LogP contribution in [0.25, 0.3) is 11.4 Å². The van der Waals surface area contributed by atoms with Gasteiger partial charge >= 0.3 is 6.18 Å². The molecule has 0 aliphatic rings. The monoisotopic (exact) mass is 411 g/mol. The van der Waals surface area contributed by atoms with E-state index in [1.807, 2.05) is 0 Å². The molecule has 3 rings (SSSR count). The van der Waals surface area contributed by atoms with Crippen LogP contribution in [0.3, 0.4) is 0 Å². The molecule has 1 atom stereocenters. The summed E-state index contributed by atoms with van der Waals surface area (Å²) in [4.78, 5) is 23.6. The second-order valence-corrected chi connectivity index (χ2v) is 7.00. The number of rotatable bonds is 6. The van der Waals surface area contributed by atoms with E-state index in [0.29, 0.717) is 15.6 Å². The van der Waals surface area contributed by atoms with Gasteiger partial charge in [0.05, 0.1) is 34.5 Å². The van der Waals surface area contributed by atoms with Crippen LogP contribution < -0.4 is 11.1 Å². The highest BCUT2D eigenvalue weighted by Crippen LogP contribution is 2.29. The van der Waals surface area contributed by atoms with Gasteiger partial charge in [-0.1, -0.05) is 0 Å². The van der Waals surface area contributed by atoms with Gasteiger partial charge in [-0.3, -0.25) is 9.78 Å². The maximum atomic E-state index is 12.6. The summed E-state index contributed by atoms with van der Waals surface area (Å²) in [6.07, 6.45) is -2.19. The van der Waals surface area contributed by atoms with Crippen LogP contribution in [0, 0.1) is 0 Å². The van der Waals surface area contributed by atoms with Crippen LogP contribution in [-0.2, 0) is 12.8 Å². The number of carbonyl (C=O) groups excluding carboxylic acids is 1. The van der Waals surface area contributed by atoms with Gasteiger partial charge in [-0.05, 0) is 24.3 Å². The summed E-state index contributed by atoms with van der Waals surface area (Å²) in [7, 11) is 0. The third-order valence-corrected chi connectivity index (χ3v) is 4.94. The van der Waals surface area contributed by atoms with Gasteiger partial charge in [-0.15, -0.1) is 11.3 Å². The lowest BCUT2D eigenvalue weighted by atomic mass is 10.2. The standard InChI is InChI=1S/C17H16F3N5O2S/c18-17(19,20)9-1-2-12(22-5-9)13-3-4-14(25-13)15(27)23-7-11(21)16-24-6-10(8-26)28-16/h1-6,11,25-26H,7-8,21H2,(H,23,27)/t11-/m1/s1. The molecule has 5 N–H and O–H groups in total. The van der Waals surface area contributed by atoms with E-state index in [1.54, 1.807) is 6.07 Å². The zero-order chi connectivity index (χ0) is 20.3. The maximum absolute atomic E-state index is 12.6. The zero-order valence-corrected chi connectivity index (χ0v) is 15.1. The number of aromatic amines is 1. The molecule has 3 heterocycles. The first kappa shape index (κ1) is 20.0. The fourth-order valence-electron chi connectivity index (χ4n) is 2.35. The van der Waals surface area contributed by atoms with Gasteiger partial charge in [0.1, 0.15) is 10.7 Å². The number of halogens is 3. The second-order valence-electron chi connectivity index (χ2n) is 5.86. The molecule has 0 fully saturated rings. The van der Waals surface area contributed by atoms with Gasteiger partial charge in [0, 0.05) is 18.9 Å². The van der Waals surface area contributed by atoms with Crippen molar-refractivity contribution in [3.63, 3.8) is 0 Å². The Labute approximate surface area is 161 Å². The predicted octanol–water partition coefficient (Wildman–Crippen LogP) is 2.47. The molecule has 0 aliphatic heterocycles. The van der Waals surface area contributed by atoms with Gasteiger partial charge in [-0.2, -0.15) is 13.2 Å². The number of thiazole rings is 1. The summed E-state index contributed by atoms with van der Waals surface area (Å²) in [5, 5.41) is 12.3. The number of pyridine rings is 1. The molecule has 0 aliphatic carbocycles. The maximum Gasteiger partial charge on any atom is 0.417 e. The average Bonchev–Trinajstić information content (AvgIpc) is 3.34. The molecule has 0 bridgehead atoms. The van der Waals surface area contributed by atoms with E-state index >= 15 is 0 Å².